The van der Waals surface area contributed by atoms with Gasteiger partial charge in [-0.3, -0.25) is 0 Å². The van der Waals surface area contributed by atoms with Gasteiger partial charge in [0.15, 0.2) is 0 Å². The largest absolute Gasteiger partial charge is 0.543 e. The molecule has 0 aliphatic carbocycles. The summed E-state index contributed by atoms with van der Waals surface area (Å²) in [6.45, 7) is 0. The monoisotopic (exact) mass is 233 g/mol. The number of carboxylic acids is 2. The van der Waals surface area contributed by atoms with Gasteiger partial charge in [-0.05, 0) is 0 Å². The minimum Gasteiger partial charge on any atom is -0.543 e. The van der Waals surface area contributed by atoms with E-state index >= 15 is 0 Å². The number of carboxylic acid groups (broad SMARTS) is 2. The maximum atomic E-state index is 10.4. The number of quaternary nitrogens is 1. The Morgan fingerprint density at radius 1 is 1.07 bits per heavy atom. The summed E-state index contributed by atoms with van der Waals surface area (Å²) in [5, 5.41) is 18.7. The molecule has 9 N–H and O–H groups in total. The smallest absolute Gasteiger partial charge is 0.368 e. The van der Waals surface area contributed by atoms with Gasteiger partial charge in [-0.25, -0.2) is 4.79 Å². The van der Waals surface area contributed by atoms with Gasteiger partial charge in [0.2, 0.25) is 6.04 Å². The van der Waals surface area contributed by atoms with Crippen molar-refractivity contribution in [3.63, 3.8) is 0 Å². The highest BCUT2D eigenvalue weighted by Gasteiger charge is 2.32. The Morgan fingerprint density at radius 3 is 1.33 bits per heavy atom. The van der Waals surface area contributed by atoms with Crippen LogP contribution in [0.15, 0.2) is 0 Å². The lowest BCUT2D eigenvalue weighted by Gasteiger charge is -2.31. The fourth-order valence-corrected chi connectivity index (χ4v) is 0.748. The Bertz CT molecular complexity index is 172. The topological polar surface area (TPSA) is 203 Å². The average molecular weight is 233 g/mol. The summed E-state index contributed by atoms with van der Waals surface area (Å²) < 4.78 is -0.183. The molecule has 0 fully saturated rings. The van der Waals surface area contributed by atoms with E-state index < -0.39 is 18.0 Å². The molecule has 96 valence electrons. The molecular formula is C6H19NO8. The van der Waals surface area contributed by atoms with Crippen LogP contribution in [0.2, 0.25) is 0 Å². The number of likely N-dealkylation sites (N-methyl/N-ethyl adjacent to an activating group) is 1. The first kappa shape index (κ1) is 29.2. The molecule has 0 aromatic carbocycles. The molecule has 0 aliphatic heterocycles. The molecule has 0 aromatic heterocycles. The Hall–Kier alpha value is -1.26. The molecule has 0 saturated heterocycles. The number of hydrogen-bond acceptors (Lipinski definition) is 3. The summed E-state index contributed by atoms with van der Waals surface area (Å²) in [5.74, 6) is -2.94. The second-order valence-electron chi connectivity index (χ2n) is 3.18. The SMILES string of the molecule is C[N+](C)(C)C(C(=O)[O-])C(=O)O.O.O.O.O. The fourth-order valence-electron chi connectivity index (χ4n) is 0.748. The second-order valence-corrected chi connectivity index (χ2v) is 3.18. The van der Waals surface area contributed by atoms with Crippen molar-refractivity contribution in [2.24, 2.45) is 0 Å². The number of aliphatic carboxylic acids is 2. The molecule has 0 saturated carbocycles. The molecule has 0 rings (SSSR count). The first-order valence-electron chi connectivity index (χ1n) is 3.01. The molecule has 0 bridgehead atoms. The summed E-state index contributed by atoms with van der Waals surface area (Å²) >= 11 is 0. The Kier molecular flexibility index (Phi) is 18.1. The van der Waals surface area contributed by atoms with E-state index in [0.717, 1.165) is 0 Å². The molecule has 0 aromatic rings. The van der Waals surface area contributed by atoms with E-state index in [1.807, 2.05) is 0 Å². The Balaban J connectivity index is -0.0000000833. The van der Waals surface area contributed by atoms with Gasteiger partial charge < -0.3 is 41.4 Å². The third kappa shape index (κ3) is 9.05. The van der Waals surface area contributed by atoms with Gasteiger partial charge >= 0.3 is 5.97 Å². The zero-order chi connectivity index (χ0) is 9.23. The molecule has 1 unspecified atom stereocenters. The van der Waals surface area contributed by atoms with Crippen LogP contribution in [0.5, 0.6) is 0 Å². The highest BCUT2D eigenvalue weighted by Crippen LogP contribution is 2.01. The fraction of sp³-hybridized carbons (Fsp3) is 0.667. The molecule has 0 heterocycles. The molecule has 0 spiro atoms. The summed E-state index contributed by atoms with van der Waals surface area (Å²) in [7, 11) is 4.44. The normalized spacial score (nSPS) is 10.3. The lowest BCUT2D eigenvalue weighted by molar-refractivity contribution is -0.880. The van der Waals surface area contributed by atoms with E-state index in [4.69, 9.17) is 5.11 Å². The van der Waals surface area contributed by atoms with E-state index in [2.05, 4.69) is 0 Å². The van der Waals surface area contributed by atoms with Crippen molar-refractivity contribution in [2.45, 2.75) is 6.04 Å². The van der Waals surface area contributed by atoms with Crippen molar-refractivity contribution >= 4 is 11.9 Å². The molecule has 1 atom stereocenters. The summed E-state index contributed by atoms with van der Waals surface area (Å²) in [5.41, 5.74) is 0. The van der Waals surface area contributed by atoms with Gasteiger partial charge in [0.1, 0.15) is 5.97 Å². The number of hydrogen-bond donors (Lipinski definition) is 1. The molecule has 0 amide bonds. The third-order valence-electron chi connectivity index (χ3n) is 1.23. The van der Waals surface area contributed by atoms with Gasteiger partial charge in [-0.2, -0.15) is 0 Å². The van der Waals surface area contributed by atoms with Gasteiger partial charge in [0.25, 0.3) is 0 Å². The van der Waals surface area contributed by atoms with Crippen LogP contribution in [0.1, 0.15) is 0 Å². The predicted octanol–water partition coefficient (Wildman–Crippen LogP) is -5.40. The Morgan fingerprint density at radius 2 is 1.33 bits per heavy atom. The van der Waals surface area contributed by atoms with Gasteiger partial charge in [-0.15, -0.1) is 0 Å². The summed E-state index contributed by atoms with van der Waals surface area (Å²) in [6, 6.07) is -1.50. The first-order valence-corrected chi connectivity index (χ1v) is 3.01. The van der Waals surface area contributed by atoms with Crippen LogP contribution in [0.4, 0.5) is 0 Å². The van der Waals surface area contributed by atoms with Crippen LogP contribution in [-0.2, 0) is 9.59 Å². The lowest BCUT2D eigenvalue weighted by atomic mass is 10.2. The van der Waals surface area contributed by atoms with Crippen LogP contribution in [0.3, 0.4) is 0 Å². The zero-order valence-corrected chi connectivity index (χ0v) is 8.70. The van der Waals surface area contributed by atoms with Crippen LogP contribution < -0.4 is 5.11 Å². The maximum Gasteiger partial charge on any atom is 0.368 e. The van der Waals surface area contributed by atoms with Crippen molar-refractivity contribution in [3.05, 3.63) is 0 Å². The lowest BCUT2D eigenvalue weighted by Crippen LogP contribution is -2.58. The third-order valence-corrected chi connectivity index (χ3v) is 1.23. The average Bonchev–Trinajstić information content (AvgIpc) is 1.54. The van der Waals surface area contributed by atoms with Crippen molar-refractivity contribution in [1.29, 1.82) is 0 Å². The van der Waals surface area contributed by atoms with Crippen molar-refractivity contribution in [3.8, 4) is 0 Å². The number of nitrogens with zero attached hydrogens (tertiary/aromatic N) is 1. The number of carbonyl (C=O) groups excluding carboxylic acids is 1. The minimum atomic E-state index is -1.56. The molecule has 9 nitrogen and oxygen atoms in total. The molecular weight excluding hydrogens is 214 g/mol. The number of carbonyl (C=O) groups is 2. The Labute approximate surface area is 86.4 Å². The first-order chi connectivity index (χ1) is 4.76. The highest BCUT2D eigenvalue weighted by molar-refractivity contribution is 5.94. The maximum absolute atomic E-state index is 10.4. The standard InChI is InChI=1S/C6H11NO4.4H2O/c1-7(2,3)4(5(8)9)6(10)11;;;;/h4H,1-3H3,(H-,8,9,10,11);4*1H2. The van der Waals surface area contributed by atoms with Crippen molar-refractivity contribution in [2.75, 3.05) is 21.1 Å². The minimum absolute atomic E-state index is 0. The van der Waals surface area contributed by atoms with Gasteiger partial charge in [0.05, 0.1) is 21.1 Å². The summed E-state index contributed by atoms with van der Waals surface area (Å²) in [6.07, 6.45) is 0. The van der Waals surface area contributed by atoms with Crippen LogP contribution in [0, 0.1) is 0 Å². The molecule has 15 heavy (non-hydrogen) atoms. The number of rotatable bonds is 3. The van der Waals surface area contributed by atoms with E-state index in [1.54, 1.807) is 0 Å². The van der Waals surface area contributed by atoms with Crippen LogP contribution in [0.25, 0.3) is 0 Å². The van der Waals surface area contributed by atoms with E-state index in [-0.39, 0.29) is 26.4 Å². The van der Waals surface area contributed by atoms with Crippen molar-refractivity contribution in [1.82, 2.24) is 0 Å². The van der Waals surface area contributed by atoms with Crippen LogP contribution >= 0.6 is 0 Å². The molecule has 9 heteroatoms. The van der Waals surface area contributed by atoms with E-state index in [9.17, 15) is 14.7 Å². The molecule has 0 radical (unpaired) electrons. The van der Waals surface area contributed by atoms with Crippen LogP contribution in [-0.4, -0.2) is 70.6 Å². The highest BCUT2D eigenvalue weighted by atomic mass is 16.4. The zero-order valence-electron chi connectivity index (χ0n) is 8.70. The predicted molar refractivity (Wildman–Crippen MR) is 48.9 cm³/mol. The van der Waals surface area contributed by atoms with Gasteiger partial charge in [-0.1, -0.05) is 0 Å². The van der Waals surface area contributed by atoms with Crippen molar-refractivity contribution < 1.29 is 46.2 Å². The van der Waals surface area contributed by atoms with E-state index in [0.29, 0.717) is 0 Å². The van der Waals surface area contributed by atoms with Gasteiger partial charge in [0, 0.05) is 0 Å². The molecule has 0 aliphatic rings. The second kappa shape index (κ2) is 9.30. The summed E-state index contributed by atoms with van der Waals surface area (Å²) in [4.78, 5) is 20.6. The quantitative estimate of drug-likeness (QED) is 0.374. The van der Waals surface area contributed by atoms with E-state index in [1.165, 1.54) is 21.1 Å².